The highest BCUT2D eigenvalue weighted by molar-refractivity contribution is 8.13. The van der Waals surface area contributed by atoms with Crippen LogP contribution in [0.2, 0.25) is 0 Å². The normalized spacial score (nSPS) is 34.5. The van der Waals surface area contributed by atoms with Gasteiger partial charge in [-0.15, -0.1) is 0 Å². The first-order chi connectivity index (χ1) is 10.0. The van der Waals surface area contributed by atoms with Gasteiger partial charge in [-0.25, -0.2) is 0 Å². The van der Waals surface area contributed by atoms with Gasteiger partial charge in [-0.3, -0.25) is 8.98 Å². The second-order valence-electron chi connectivity index (χ2n) is 4.66. The topological polar surface area (TPSA) is 91.4 Å². The molecule has 0 unspecified atom stereocenters. The lowest BCUT2D eigenvalue weighted by Crippen LogP contribution is -2.45. The molecule has 0 aromatic heterocycles. The van der Waals surface area contributed by atoms with Crippen molar-refractivity contribution in [1.29, 1.82) is 0 Å². The van der Waals surface area contributed by atoms with Gasteiger partial charge in [-0.1, -0.05) is 11.8 Å². The molecule has 0 spiro atoms. The zero-order chi connectivity index (χ0) is 16.8. The molecule has 2 heterocycles. The average molecular weight is 366 g/mol. The molecule has 128 valence electrons. The maximum absolute atomic E-state index is 12.3. The van der Waals surface area contributed by atoms with E-state index in [-0.39, 0.29) is 10.9 Å². The molecule has 22 heavy (non-hydrogen) atoms. The van der Waals surface area contributed by atoms with Crippen LogP contribution in [0.25, 0.3) is 0 Å². The third-order valence-corrected chi connectivity index (χ3v) is 5.07. The zero-order valence-electron chi connectivity index (χ0n) is 11.5. The third kappa shape index (κ3) is 3.41. The van der Waals surface area contributed by atoms with Crippen LogP contribution in [-0.4, -0.2) is 62.6 Å². The molecule has 0 aromatic rings. The summed E-state index contributed by atoms with van der Waals surface area (Å²) in [6.45, 7) is 0.362. The number of hydrogen-bond donors (Lipinski definition) is 0. The summed E-state index contributed by atoms with van der Waals surface area (Å²) in [7, 11) is -4.61. The Kier molecular flexibility index (Phi) is 4.82. The Morgan fingerprint density at radius 1 is 1.41 bits per heavy atom. The number of fused-ring (bicyclic) bond motifs is 1. The first-order valence-corrected chi connectivity index (χ1v) is 8.39. The van der Waals surface area contributed by atoms with Crippen LogP contribution in [0, 0.1) is 0 Å². The van der Waals surface area contributed by atoms with E-state index in [9.17, 15) is 26.4 Å². The number of ether oxygens (including phenoxy) is 3. The van der Waals surface area contributed by atoms with Gasteiger partial charge in [0.15, 0.2) is 5.12 Å². The lowest BCUT2D eigenvalue weighted by Gasteiger charge is -2.29. The summed E-state index contributed by atoms with van der Waals surface area (Å²) in [5.74, 6) is -1.53. The molecule has 2 saturated heterocycles. The van der Waals surface area contributed by atoms with Crippen LogP contribution in [0.3, 0.4) is 0 Å². The van der Waals surface area contributed by atoms with Gasteiger partial charge in [-0.05, 0) is 0 Å². The quantitative estimate of drug-likeness (QED) is 0.384. The number of carbonyl (C=O) groups excluding carboxylic acids is 1. The molecule has 0 aromatic carbocycles. The molecule has 12 heteroatoms. The molecule has 4 atom stereocenters. The van der Waals surface area contributed by atoms with Crippen LogP contribution in [0.15, 0.2) is 0 Å². The average Bonchev–Trinajstić information content (AvgIpc) is 3.13. The SMILES string of the molecule is CO[C@@]1(COS(=O)(=O)C(F)(F)F)O[C@H](CSC(C)=O)[C@@H]2O[C@@H]21. The molecule has 2 fully saturated rings. The number of rotatable bonds is 6. The molecule has 2 aliphatic rings. The molecule has 7 nitrogen and oxygen atoms in total. The summed E-state index contributed by atoms with van der Waals surface area (Å²) in [4.78, 5) is 10.9. The second-order valence-corrected chi connectivity index (χ2v) is 7.46. The van der Waals surface area contributed by atoms with Crippen LogP contribution in [0.1, 0.15) is 6.92 Å². The van der Waals surface area contributed by atoms with Gasteiger partial charge in [0.05, 0.1) is 6.10 Å². The highest BCUT2D eigenvalue weighted by Gasteiger charge is 2.68. The summed E-state index contributed by atoms with van der Waals surface area (Å²) in [6, 6.07) is 0. The monoisotopic (exact) mass is 366 g/mol. The van der Waals surface area contributed by atoms with Crippen molar-refractivity contribution < 1.29 is 44.8 Å². The Labute approximate surface area is 128 Å². The molecule has 0 bridgehead atoms. The highest BCUT2D eigenvalue weighted by Crippen LogP contribution is 2.48. The fraction of sp³-hybridized carbons (Fsp3) is 0.900. The van der Waals surface area contributed by atoms with Crippen LogP contribution >= 0.6 is 11.8 Å². The number of thioether (sulfide) groups is 1. The Bertz CT molecular complexity index is 549. The van der Waals surface area contributed by atoms with E-state index < -0.39 is 46.3 Å². The maximum Gasteiger partial charge on any atom is 0.523 e. The number of epoxide rings is 1. The summed E-state index contributed by atoms with van der Waals surface area (Å²) >= 11 is 0.960. The number of carbonyl (C=O) groups is 1. The van der Waals surface area contributed by atoms with Crippen LogP contribution in [0.5, 0.6) is 0 Å². The molecule has 0 N–H and O–H groups in total. The third-order valence-electron chi connectivity index (χ3n) is 3.17. The molecular formula is C10H13F3O7S2. The fourth-order valence-corrected chi connectivity index (χ4v) is 3.15. The van der Waals surface area contributed by atoms with E-state index in [0.717, 1.165) is 18.9 Å². The van der Waals surface area contributed by atoms with Crippen molar-refractivity contribution in [2.75, 3.05) is 19.5 Å². The van der Waals surface area contributed by atoms with Gasteiger partial charge in [0.1, 0.15) is 18.8 Å². The first-order valence-electron chi connectivity index (χ1n) is 6.00. The standard InChI is InChI=1S/C10H13F3O7S2/c1-5(14)21-3-6-7-8(19-7)9(17-2,20-6)4-18-22(15,16)10(11,12)13/h6-8H,3-4H2,1-2H3/t6-,7+,8+,9+/m1/s1. The van der Waals surface area contributed by atoms with Crippen molar-refractivity contribution in [1.82, 2.24) is 0 Å². The van der Waals surface area contributed by atoms with E-state index in [0.29, 0.717) is 0 Å². The van der Waals surface area contributed by atoms with Crippen molar-refractivity contribution in [3.63, 3.8) is 0 Å². The van der Waals surface area contributed by atoms with Crippen molar-refractivity contribution in [2.24, 2.45) is 0 Å². The minimum Gasteiger partial charge on any atom is -0.361 e. The van der Waals surface area contributed by atoms with Gasteiger partial charge >= 0.3 is 15.6 Å². The van der Waals surface area contributed by atoms with Gasteiger partial charge < -0.3 is 14.2 Å². The molecule has 0 radical (unpaired) electrons. The maximum atomic E-state index is 12.3. The molecular weight excluding hydrogens is 353 g/mol. The van der Waals surface area contributed by atoms with E-state index in [1.807, 2.05) is 0 Å². The zero-order valence-corrected chi connectivity index (χ0v) is 13.1. The van der Waals surface area contributed by atoms with Gasteiger partial charge in [0.25, 0.3) is 0 Å². The molecule has 0 saturated carbocycles. The minimum atomic E-state index is -5.76. The predicted octanol–water partition coefficient (Wildman–Crippen LogP) is 0.641. The minimum absolute atomic E-state index is 0.161. The summed E-state index contributed by atoms with van der Waals surface area (Å²) < 4.78 is 78.3. The van der Waals surface area contributed by atoms with E-state index in [1.54, 1.807) is 0 Å². The van der Waals surface area contributed by atoms with E-state index in [1.165, 1.54) is 6.92 Å². The second kappa shape index (κ2) is 5.91. The molecule has 2 aliphatic heterocycles. The van der Waals surface area contributed by atoms with Crippen LogP contribution in [-0.2, 0) is 33.3 Å². The Morgan fingerprint density at radius 3 is 2.55 bits per heavy atom. The Hall–Kier alpha value is -0.400. The number of alkyl halides is 3. The molecule has 0 amide bonds. The van der Waals surface area contributed by atoms with Gasteiger partial charge in [0.2, 0.25) is 5.79 Å². The first kappa shape index (κ1) is 17.9. The van der Waals surface area contributed by atoms with Crippen molar-refractivity contribution in [3.05, 3.63) is 0 Å². The van der Waals surface area contributed by atoms with Crippen molar-refractivity contribution in [3.8, 4) is 0 Å². The number of methoxy groups -OCH3 is 1. The van der Waals surface area contributed by atoms with E-state index >= 15 is 0 Å². The Morgan fingerprint density at radius 2 is 2.05 bits per heavy atom. The number of hydrogen-bond acceptors (Lipinski definition) is 8. The summed E-state index contributed by atoms with van der Waals surface area (Å²) in [5.41, 5.74) is -5.53. The van der Waals surface area contributed by atoms with Crippen molar-refractivity contribution in [2.45, 2.75) is 36.5 Å². The smallest absolute Gasteiger partial charge is 0.361 e. The van der Waals surface area contributed by atoms with Crippen LogP contribution in [0.4, 0.5) is 13.2 Å². The van der Waals surface area contributed by atoms with Crippen molar-refractivity contribution >= 4 is 27.0 Å². The van der Waals surface area contributed by atoms with Gasteiger partial charge in [-0.2, -0.15) is 21.6 Å². The molecule has 0 aliphatic carbocycles. The largest absolute Gasteiger partial charge is 0.523 e. The van der Waals surface area contributed by atoms with Gasteiger partial charge in [0, 0.05) is 19.8 Å². The highest BCUT2D eigenvalue weighted by atomic mass is 32.2. The Balaban J connectivity index is 2.01. The fourth-order valence-electron chi connectivity index (χ4n) is 2.05. The lowest BCUT2D eigenvalue weighted by molar-refractivity contribution is -0.256. The van der Waals surface area contributed by atoms with E-state index in [4.69, 9.17) is 14.2 Å². The molecule has 2 rings (SSSR count). The summed E-state index contributed by atoms with van der Waals surface area (Å²) in [5, 5.41) is -0.161. The summed E-state index contributed by atoms with van der Waals surface area (Å²) in [6.07, 6.45) is -1.81. The predicted molar refractivity (Wildman–Crippen MR) is 67.3 cm³/mol. The number of halogens is 3. The lowest BCUT2D eigenvalue weighted by atomic mass is 10.2. The van der Waals surface area contributed by atoms with E-state index in [2.05, 4.69) is 4.18 Å². The van der Waals surface area contributed by atoms with Crippen LogP contribution < -0.4 is 0 Å².